The molecular formula is C15H26N2. The molecule has 1 aromatic rings. The van der Waals surface area contributed by atoms with Crippen molar-refractivity contribution in [1.29, 1.82) is 0 Å². The molecule has 0 aliphatic rings. The summed E-state index contributed by atoms with van der Waals surface area (Å²) in [4.78, 5) is 2.37. The monoisotopic (exact) mass is 234 g/mol. The first-order valence-electron chi connectivity index (χ1n) is 6.49. The summed E-state index contributed by atoms with van der Waals surface area (Å²) in [6.07, 6.45) is 0.963. The minimum absolute atomic E-state index is 0.550. The first-order chi connectivity index (χ1) is 7.97. The van der Waals surface area contributed by atoms with Crippen LogP contribution in [0.4, 0.5) is 5.69 Å². The second-order valence-corrected chi connectivity index (χ2v) is 5.26. The van der Waals surface area contributed by atoms with E-state index in [1.807, 2.05) is 0 Å². The SMILES string of the molecule is Cc1cc(CCN)ccc1N(C)C(C)C(C)C. The smallest absolute Gasteiger partial charge is 0.0396 e. The minimum atomic E-state index is 0.550. The van der Waals surface area contributed by atoms with Gasteiger partial charge in [-0.1, -0.05) is 26.0 Å². The molecule has 0 heterocycles. The lowest BCUT2D eigenvalue weighted by atomic mass is 10.0. The highest BCUT2D eigenvalue weighted by Gasteiger charge is 2.15. The Morgan fingerprint density at radius 1 is 1.24 bits per heavy atom. The molecular weight excluding hydrogens is 208 g/mol. The number of anilines is 1. The van der Waals surface area contributed by atoms with E-state index < -0.39 is 0 Å². The Morgan fingerprint density at radius 2 is 1.88 bits per heavy atom. The van der Waals surface area contributed by atoms with E-state index in [0.29, 0.717) is 12.0 Å². The normalized spacial score (nSPS) is 12.9. The molecule has 0 saturated heterocycles. The average Bonchev–Trinajstić information content (AvgIpc) is 2.27. The van der Waals surface area contributed by atoms with E-state index in [0.717, 1.165) is 13.0 Å². The maximum absolute atomic E-state index is 5.59. The van der Waals surface area contributed by atoms with Gasteiger partial charge in [-0.25, -0.2) is 0 Å². The lowest BCUT2D eigenvalue weighted by Gasteiger charge is -2.31. The van der Waals surface area contributed by atoms with Crippen molar-refractivity contribution in [3.63, 3.8) is 0 Å². The van der Waals surface area contributed by atoms with E-state index in [2.05, 4.69) is 57.8 Å². The van der Waals surface area contributed by atoms with Crippen LogP contribution in [0.5, 0.6) is 0 Å². The second kappa shape index (κ2) is 6.06. The maximum Gasteiger partial charge on any atom is 0.0396 e. The third-order valence-corrected chi connectivity index (χ3v) is 3.65. The number of aryl methyl sites for hydroxylation is 1. The van der Waals surface area contributed by atoms with Crippen molar-refractivity contribution < 1.29 is 0 Å². The zero-order valence-corrected chi connectivity index (χ0v) is 11.8. The summed E-state index contributed by atoms with van der Waals surface area (Å²) in [5.74, 6) is 0.656. The summed E-state index contributed by atoms with van der Waals surface area (Å²) in [6, 6.07) is 7.22. The molecule has 1 atom stereocenters. The summed E-state index contributed by atoms with van der Waals surface area (Å²) in [5, 5.41) is 0. The molecule has 0 saturated carbocycles. The van der Waals surface area contributed by atoms with Crippen LogP contribution in [-0.4, -0.2) is 19.6 Å². The molecule has 0 radical (unpaired) electrons. The van der Waals surface area contributed by atoms with Gasteiger partial charge in [0.1, 0.15) is 0 Å². The van der Waals surface area contributed by atoms with Crippen molar-refractivity contribution in [2.24, 2.45) is 11.7 Å². The molecule has 0 bridgehead atoms. The van der Waals surface area contributed by atoms with E-state index >= 15 is 0 Å². The van der Waals surface area contributed by atoms with Crippen molar-refractivity contribution in [3.05, 3.63) is 29.3 Å². The lowest BCUT2D eigenvalue weighted by Crippen LogP contribution is -2.33. The van der Waals surface area contributed by atoms with Crippen LogP contribution in [0.15, 0.2) is 18.2 Å². The fraction of sp³-hybridized carbons (Fsp3) is 0.600. The maximum atomic E-state index is 5.59. The predicted molar refractivity (Wildman–Crippen MR) is 76.6 cm³/mol. The summed E-state index contributed by atoms with van der Waals surface area (Å²) in [6.45, 7) is 9.70. The van der Waals surface area contributed by atoms with Crippen LogP contribution < -0.4 is 10.6 Å². The standard InChI is InChI=1S/C15H26N2/c1-11(2)13(4)17(5)15-7-6-14(8-9-16)10-12(15)3/h6-7,10-11,13H,8-9,16H2,1-5H3. The van der Waals surface area contributed by atoms with Crippen molar-refractivity contribution in [3.8, 4) is 0 Å². The van der Waals surface area contributed by atoms with Gasteiger partial charge in [-0.05, 0) is 49.9 Å². The zero-order valence-electron chi connectivity index (χ0n) is 11.8. The van der Waals surface area contributed by atoms with Gasteiger partial charge in [0.15, 0.2) is 0 Å². The quantitative estimate of drug-likeness (QED) is 0.848. The van der Waals surface area contributed by atoms with Gasteiger partial charge in [0.05, 0.1) is 0 Å². The van der Waals surface area contributed by atoms with Crippen LogP contribution in [0.3, 0.4) is 0 Å². The summed E-state index contributed by atoms with van der Waals surface area (Å²) < 4.78 is 0. The molecule has 0 aromatic heterocycles. The van der Waals surface area contributed by atoms with E-state index in [1.54, 1.807) is 0 Å². The molecule has 1 unspecified atom stereocenters. The van der Waals surface area contributed by atoms with Gasteiger partial charge in [-0.2, -0.15) is 0 Å². The van der Waals surface area contributed by atoms with Crippen LogP contribution in [-0.2, 0) is 6.42 Å². The Morgan fingerprint density at radius 3 is 2.35 bits per heavy atom. The molecule has 2 heteroatoms. The lowest BCUT2D eigenvalue weighted by molar-refractivity contribution is 0.505. The van der Waals surface area contributed by atoms with E-state index in [4.69, 9.17) is 5.73 Å². The summed E-state index contributed by atoms with van der Waals surface area (Å²) in [7, 11) is 2.18. The Labute approximate surface area is 106 Å². The van der Waals surface area contributed by atoms with Crippen LogP contribution in [0.2, 0.25) is 0 Å². The average molecular weight is 234 g/mol. The van der Waals surface area contributed by atoms with Gasteiger partial charge in [-0.15, -0.1) is 0 Å². The number of nitrogens with zero attached hydrogens (tertiary/aromatic N) is 1. The Balaban J connectivity index is 2.91. The molecule has 0 amide bonds. The highest BCUT2D eigenvalue weighted by molar-refractivity contribution is 5.54. The molecule has 1 rings (SSSR count). The fourth-order valence-corrected chi connectivity index (χ4v) is 2.10. The molecule has 2 N–H and O–H groups in total. The molecule has 1 aromatic carbocycles. The molecule has 17 heavy (non-hydrogen) atoms. The molecule has 0 fully saturated rings. The number of benzene rings is 1. The zero-order chi connectivity index (χ0) is 13.0. The van der Waals surface area contributed by atoms with Gasteiger partial charge in [0.2, 0.25) is 0 Å². The number of rotatable bonds is 5. The highest BCUT2D eigenvalue weighted by atomic mass is 15.1. The first-order valence-corrected chi connectivity index (χ1v) is 6.49. The molecule has 96 valence electrons. The number of hydrogen-bond acceptors (Lipinski definition) is 2. The van der Waals surface area contributed by atoms with Crippen molar-refractivity contribution in [2.75, 3.05) is 18.5 Å². The third-order valence-electron chi connectivity index (χ3n) is 3.65. The second-order valence-electron chi connectivity index (χ2n) is 5.26. The number of hydrogen-bond donors (Lipinski definition) is 1. The van der Waals surface area contributed by atoms with Crippen LogP contribution >= 0.6 is 0 Å². The summed E-state index contributed by atoms with van der Waals surface area (Å²) in [5.41, 5.74) is 9.58. The Bertz CT molecular complexity index is 358. The van der Waals surface area contributed by atoms with Gasteiger partial charge in [-0.3, -0.25) is 0 Å². The van der Waals surface area contributed by atoms with Gasteiger partial charge in [0.25, 0.3) is 0 Å². The van der Waals surface area contributed by atoms with Gasteiger partial charge < -0.3 is 10.6 Å². The van der Waals surface area contributed by atoms with E-state index in [1.165, 1.54) is 16.8 Å². The van der Waals surface area contributed by atoms with Crippen molar-refractivity contribution >= 4 is 5.69 Å². The third kappa shape index (κ3) is 3.47. The first kappa shape index (κ1) is 14.0. The Hall–Kier alpha value is -1.02. The largest absolute Gasteiger partial charge is 0.371 e. The van der Waals surface area contributed by atoms with Crippen molar-refractivity contribution in [2.45, 2.75) is 40.2 Å². The highest BCUT2D eigenvalue weighted by Crippen LogP contribution is 2.24. The van der Waals surface area contributed by atoms with Gasteiger partial charge in [0, 0.05) is 18.8 Å². The molecule has 0 aliphatic carbocycles. The van der Waals surface area contributed by atoms with E-state index in [9.17, 15) is 0 Å². The van der Waals surface area contributed by atoms with Crippen LogP contribution in [0.1, 0.15) is 31.9 Å². The minimum Gasteiger partial charge on any atom is -0.371 e. The van der Waals surface area contributed by atoms with Crippen LogP contribution in [0, 0.1) is 12.8 Å². The fourth-order valence-electron chi connectivity index (χ4n) is 2.10. The van der Waals surface area contributed by atoms with Crippen molar-refractivity contribution in [1.82, 2.24) is 0 Å². The Kier molecular flexibility index (Phi) is 5.01. The predicted octanol–water partition coefficient (Wildman–Crippen LogP) is 2.98. The molecule has 0 spiro atoms. The molecule has 2 nitrogen and oxygen atoms in total. The van der Waals surface area contributed by atoms with Gasteiger partial charge >= 0.3 is 0 Å². The summed E-state index contributed by atoms with van der Waals surface area (Å²) >= 11 is 0. The number of nitrogens with two attached hydrogens (primary N) is 1. The molecule has 0 aliphatic heterocycles. The topological polar surface area (TPSA) is 29.3 Å². The van der Waals surface area contributed by atoms with Crippen LogP contribution in [0.25, 0.3) is 0 Å². The van der Waals surface area contributed by atoms with E-state index in [-0.39, 0.29) is 0 Å².